The van der Waals surface area contributed by atoms with Crippen molar-refractivity contribution in [1.82, 2.24) is 4.31 Å². The van der Waals surface area contributed by atoms with Gasteiger partial charge in [-0.05, 0) is 32.2 Å². The summed E-state index contributed by atoms with van der Waals surface area (Å²) >= 11 is 0. The number of rotatable bonds is 4. The largest absolute Gasteiger partial charge is 0.463 e. The molecule has 0 bridgehead atoms. The molecule has 0 aromatic carbocycles. The lowest BCUT2D eigenvalue weighted by atomic mass is 9.99. The number of carbonyl (C=O) groups excluding carboxylic acids is 1. The van der Waals surface area contributed by atoms with Gasteiger partial charge in [0, 0.05) is 19.2 Å². The van der Waals surface area contributed by atoms with Crippen LogP contribution in [0.25, 0.3) is 0 Å². The smallest absolute Gasteiger partial charge is 0.373 e. The van der Waals surface area contributed by atoms with Crippen LogP contribution in [0.2, 0.25) is 0 Å². The Morgan fingerprint density at radius 1 is 1.45 bits per heavy atom. The number of carbonyl (C=O) groups is 1. The average Bonchev–Trinajstić information content (AvgIpc) is 2.89. The number of piperidine rings is 1. The Morgan fingerprint density at radius 2 is 2.05 bits per heavy atom. The zero-order chi connectivity index (χ0) is 15.6. The van der Waals surface area contributed by atoms with Crippen LogP contribution in [-0.4, -0.2) is 45.4 Å². The average molecular weight is 353 g/mol. The molecule has 1 aliphatic heterocycles. The van der Waals surface area contributed by atoms with Crippen molar-refractivity contribution in [3.8, 4) is 0 Å². The number of methoxy groups -OCH3 is 1. The lowest BCUT2D eigenvalue weighted by Crippen LogP contribution is -2.40. The van der Waals surface area contributed by atoms with E-state index in [1.165, 1.54) is 24.4 Å². The molecule has 1 saturated heterocycles. The minimum atomic E-state index is -3.65. The van der Waals surface area contributed by atoms with Crippen molar-refractivity contribution in [2.45, 2.75) is 24.7 Å². The van der Waals surface area contributed by atoms with Gasteiger partial charge in [0.2, 0.25) is 15.8 Å². The van der Waals surface area contributed by atoms with Crippen LogP contribution in [-0.2, 0) is 14.8 Å². The highest BCUT2D eigenvalue weighted by Gasteiger charge is 2.32. The van der Waals surface area contributed by atoms with Gasteiger partial charge in [0.15, 0.2) is 0 Å². The van der Waals surface area contributed by atoms with E-state index in [2.05, 4.69) is 4.74 Å². The summed E-state index contributed by atoms with van der Waals surface area (Å²) in [5.74, 6) is -0.240. The molecule has 1 fully saturated rings. The molecule has 2 N–H and O–H groups in total. The van der Waals surface area contributed by atoms with Gasteiger partial charge < -0.3 is 14.9 Å². The molecule has 1 aromatic heterocycles. The molecule has 0 radical (unpaired) electrons. The Kier molecular flexibility index (Phi) is 6.42. The molecule has 0 spiro atoms. The van der Waals surface area contributed by atoms with Crippen LogP contribution in [0.15, 0.2) is 15.4 Å². The highest BCUT2D eigenvalue weighted by molar-refractivity contribution is 7.89. The van der Waals surface area contributed by atoms with E-state index >= 15 is 0 Å². The molecule has 2 rings (SSSR count). The fourth-order valence-corrected chi connectivity index (χ4v) is 4.08. The van der Waals surface area contributed by atoms with Gasteiger partial charge in [0.25, 0.3) is 0 Å². The van der Waals surface area contributed by atoms with E-state index in [9.17, 15) is 13.2 Å². The number of hydrogen-bond acceptors (Lipinski definition) is 6. The first-order valence-corrected chi connectivity index (χ1v) is 8.23. The maximum absolute atomic E-state index is 12.6. The first-order chi connectivity index (χ1) is 9.90. The molecule has 126 valence electrons. The van der Waals surface area contributed by atoms with Gasteiger partial charge in [-0.15, -0.1) is 12.4 Å². The number of aryl methyl sites for hydroxylation is 1. The van der Waals surface area contributed by atoms with E-state index in [1.54, 1.807) is 0 Å². The summed E-state index contributed by atoms with van der Waals surface area (Å²) in [6.07, 6.45) is 1.49. The zero-order valence-electron chi connectivity index (χ0n) is 12.6. The molecule has 0 saturated carbocycles. The molecular weight excluding hydrogens is 332 g/mol. The number of nitrogens with two attached hydrogens (primary N) is 1. The quantitative estimate of drug-likeness (QED) is 0.815. The fourth-order valence-electron chi connectivity index (χ4n) is 2.45. The van der Waals surface area contributed by atoms with E-state index in [-0.39, 0.29) is 28.8 Å². The van der Waals surface area contributed by atoms with Crippen molar-refractivity contribution < 1.29 is 22.4 Å². The predicted octanol–water partition coefficient (Wildman–Crippen LogP) is 1.16. The highest BCUT2D eigenvalue weighted by Crippen LogP contribution is 2.27. The molecule has 0 unspecified atom stereocenters. The van der Waals surface area contributed by atoms with Crippen LogP contribution in [0.3, 0.4) is 0 Å². The summed E-state index contributed by atoms with van der Waals surface area (Å²) < 4.78 is 36.4. The van der Waals surface area contributed by atoms with Crippen molar-refractivity contribution in [1.29, 1.82) is 0 Å². The van der Waals surface area contributed by atoms with Crippen LogP contribution in [0.4, 0.5) is 0 Å². The third-order valence-corrected chi connectivity index (χ3v) is 5.79. The Morgan fingerprint density at radius 3 is 2.55 bits per heavy atom. The topological polar surface area (TPSA) is 103 Å². The number of nitrogens with zero attached hydrogens (tertiary/aromatic N) is 1. The summed E-state index contributed by atoms with van der Waals surface area (Å²) in [6, 6.07) is 1.23. The van der Waals surface area contributed by atoms with Crippen molar-refractivity contribution in [2.24, 2.45) is 11.7 Å². The number of furan rings is 1. The van der Waals surface area contributed by atoms with Crippen molar-refractivity contribution in [3.63, 3.8) is 0 Å². The van der Waals surface area contributed by atoms with Gasteiger partial charge in [0.1, 0.15) is 10.7 Å². The Balaban J connectivity index is 0.00000242. The Bertz CT molecular complexity index is 620. The standard InChI is InChI=1S/C13H20N2O5S.ClH/c1-9-12(7-11(20-9)13(16)19-2)21(17,18)15-5-3-10(8-14)4-6-15;/h7,10H,3-6,8,14H2,1-2H3;1H. The third kappa shape index (κ3) is 3.62. The van der Waals surface area contributed by atoms with E-state index in [1.807, 2.05) is 0 Å². The van der Waals surface area contributed by atoms with Gasteiger partial charge in [0.05, 0.1) is 7.11 Å². The fraction of sp³-hybridized carbons (Fsp3) is 0.615. The summed E-state index contributed by atoms with van der Waals surface area (Å²) in [4.78, 5) is 11.4. The summed E-state index contributed by atoms with van der Waals surface area (Å²) in [5, 5.41) is 0. The maximum Gasteiger partial charge on any atom is 0.373 e. The monoisotopic (exact) mass is 352 g/mol. The van der Waals surface area contributed by atoms with Crippen LogP contribution in [0.5, 0.6) is 0 Å². The van der Waals surface area contributed by atoms with Gasteiger partial charge >= 0.3 is 5.97 Å². The molecule has 0 atom stereocenters. The zero-order valence-corrected chi connectivity index (χ0v) is 14.2. The highest BCUT2D eigenvalue weighted by atomic mass is 35.5. The van der Waals surface area contributed by atoms with Crippen LogP contribution in [0.1, 0.15) is 29.2 Å². The Labute approximate surface area is 136 Å². The van der Waals surface area contributed by atoms with Crippen molar-refractivity contribution >= 4 is 28.4 Å². The summed E-state index contributed by atoms with van der Waals surface area (Å²) in [7, 11) is -2.44. The molecule has 1 aliphatic rings. The molecule has 7 nitrogen and oxygen atoms in total. The molecular formula is C13H21ClN2O5S. The first kappa shape index (κ1) is 19.0. The van der Waals surface area contributed by atoms with Gasteiger partial charge in [-0.2, -0.15) is 4.31 Å². The van der Waals surface area contributed by atoms with E-state index in [4.69, 9.17) is 10.2 Å². The second kappa shape index (κ2) is 7.45. The Hall–Kier alpha value is -1.09. The van der Waals surface area contributed by atoms with E-state index in [0.29, 0.717) is 25.6 Å². The third-order valence-electron chi connectivity index (χ3n) is 3.78. The maximum atomic E-state index is 12.6. The van der Waals surface area contributed by atoms with Gasteiger partial charge in [-0.25, -0.2) is 13.2 Å². The molecule has 0 aliphatic carbocycles. The minimum absolute atomic E-state index is 0. The molecule has 9 heteroatoms. The summed E-state index contributed by atoms with van der Waals surface area (Å²) in [5.41, 5.74) is 5.61. The number of ether oxygens (including phenoxy) is 1. The lowest BCUT2D eigenvalue weighted by molar-refractivity contribution is 0.0563. The SMILES string of the molecule is COC(=O)c1cc(S(=O)(=O)N2CCC(CN)CC2)c(C)o1.Cl. The number of halogens is 1. The number of hydrogen-bond donors (Lipinski definition) is 1. The molecule has 1 aromatic rings. The normalized spacial score (nSPS) is 17.0. The van der Waals surface area contributed by atoms with E-state index < -0.39 is 16.0 Å². The second-order valence-electron chi connectivity index (χ2n) is 5.11. The van der Waals surface area contributed by atoms with Crippen LogP contribution < -0.4 is 5.73 Å². The van der Waals surface area contributed by atoms with Crippen LogP contribution in [0, 0.1) is 12.8 Å². The van der Waals surface area contributed by atoms with Crippen LogP contribution >= 0.6 is 12.4 Å². The van der Waals surface area contributed by atoms with Gasteiger partial charge in [-0.1, -0.05) is 0 Å². The molecule has 2 heterocycles. The summed E-state index contributed by atoms with van der Waals surface area (Å²) in [6.45, 7) is 2.96. The second-order valence-corrected chi connectivity index (χ2v) is 7.01. The lowest BCUT2D eigenvalue weighted by Gasteiger charge is -2.30. The van der Waals surface area contributed by atoms with Crippen molar-refractivity contribution in [2.75, 3.05) is 26.7 Å². The van der Waals surface area contributed by atoms with Crippen molar-refractivity contribution in [3.05, 3.63) is 17.6 Å². The minimum Gasteiger partial charge on any atom is -0.463 e. The number of esters is 1. The van der Waals surface area contributed by atoms with E-state index in [0.717, 1.165) is 12.8 Å². The predicted molar refractivity (Wildman–Crippen MR) is 82.6 cm³/mol. The van der Waals surface area contributed by atoms with Gasteiger partial charge in [-0.3, -0.25) is 0 Å². The molecule has 22 heavy (non-hydrogen) atoms. The number of sulfonamides is 1. The molecule has 0 amide bonds. The first-order valence-electron chi connectivity index (χ1n) is 6.79.